The molecule has 2 amide bonds. The lowest BCUT2D eigenvalue weighted by atomic mass is 9.86. The summed E-state index contributed by atoms with van der Waals surface area (Å²) >= 11 is 0. The lowest BCUT2D eigenvalue weighted by Crippen LogP contribution is -2.54. The molecular weight excluding hydrogens is 324 g/mol. The zero-order valence-corrected chi connectivity index (χ0v) is 13.8. The molecule has 1 N–H and O–H groups in total. The molecule has 4 rings (SSSR count). The highest BCUT2D eigenvalue weighted by atomic mass is 16.6. The molecule has 0 atom stereocenters. The van der Waals surface area contributed by atoms with Crippen LogP contribution in [0, 0.1) is 0 Å². The van der Waals surface area contributed by atoms with Gasteiger partial charge in [-0.1, -0.05) is 12.1 Å². The van der Waals surface area contributed by atoms with Crippen LogP contribution in [0.25, 0.3) is 5.69 Å². The number of hydrogen-bond acceptors (Lipinski definition) is 6. The van der Waals surface area contributed by atoms with E-state index in [2.05, 4.69) is 20.8 Å². The van der Waals surface area contributed by atoms with Gasteiger partial charge in [0.2, 0.25) is 0 Å². The molecular formula is C16H18N6O3. The Morgan fingerprint density at radius 1 is 1.32 bits per heavy atom. The number of tetrazole rings is 1. The number of amides is 2. The number of para-hydroxylation sites is 1. The molecule has 1 fully saturated rings. The summed E-state index contributed by atoms with van der Waals surface area (Å²) in [4.78, 5) is 26.4. The van der Waals surface area contributed by atoms with E-state index in [1.807, 2.05) is 18.2 Å². The minimum absolute atomic E-state index is 0.174. The monoisotopic (exact) mass is 342 g/mol. The largest absolute Gasteiger partial charge is 0.450 e. The summed E-state index contributed by atoms with van der Waals surface area (Å²) in [6.07, 6.45) is 0.706. The molecule has 2 aromatic rings. The number of hydrogen-bond donors (Lipinski definition) is 1. The first-order valence-corrected chi connectivity index (χ1v) is 8.27. The molecule has 0 aliphatic carbocycles. The van der Waals surface area contributed by atoms with Crippen molar-refractivity contribution in [3.63, 3.8) is 0 Å². The molecule has 1 aromatic heterocycles. The molecule has 3 heterocycles. The van der Waals surface area contributed by atoms with Crippen molar-refractivity contribution >= 4 is 12.0 Å². The molecule has 1 saturated heterocycles. The van der Waals surface area contributed by atoms with Crippen LogP contribution in [-0.2, 0) is 10.3 Å². The van der Waals surface area contributed by atoms with Gasteiger partial charge in [-0.25, -0.2) is 4.79 Å². The van der Waals surface area contributed by atoms with E-state index in [1.165, 1.54) is 0 Å². The van der Waals surface area contributed by atoms with Gasteiger partial charge in [0.15, 0.2) is 5.82 Å². The Kier molecular flexibility index (Phi) is 3.63. The third kappa shape index (κ3) is 2.43. The fourth-order valence-corrected chi connectivity index (χ4v) is 3.47. The number of carbonyl (C=O) groups excluding carboxylic acids is 2. The van der Waals surface area contributed by atoms with E-state index in [4.69, 9.17) is 4.74 Å². The van der Waals surface area contributed by atoms with Crippen LogP contribution < -0.4 is 5.32 Å². The number of piperidine rings is 1. The molecule has 0 radical (unpaired) electrons. The zero-order chi connectivity index (χ0) is 17.4. The highest BCUT2D eigenvalue weighted by Gasteiger charge is 2.45. The van der Waals surface area contributed by atoms with Gasteiger partial charge < -0.3 is 15.0 Å². The second kappa shape index (κ2) is 5.83. The average Bonchev–Trinajstić information content (AvgIpc) is 3.10. The van der Waals surface area contributed by atoms with Gasteiger partial charge in [-0.2, -0.15) is 4.68 Å². The fourth-order valence-electron chi connectivity index (χ4n) is 3.47. The van der Waals surface area contributed by atoms with Crippen molar-refractivity contribution in [3.05, 3.63) is 35.7 Å². The summed E-state index contributed by atoms with van der Waals surface area (Å²) in [7, 11) is 0. The molecule has 9 heteroatoms. The molecule has 0 bridgehead atoms. The summed E-state index contributed by atoms with van der Waals surface area (Å²) in [5.74, 6) is 0.418. The van der Waals surface area contributed by atoms with Gasteiger partial charge in [-0.05, 0) is 42.3 Å². The van der Waals surface area contributed by atoms with Gasteiger partial charge in [-0.15, -0.1) is 5.10 Å². The van der Waals surface area contributed by atoms with Crippen molar-refractivity contribution < 1.29 is 14.3 Å². The van der Waals surface area contributed by atoms with Crippen LogP contribution in [0.3, 0.4) is 0 Å². The molecule has 25 heavy (non-hydrogen) atoms. The van der Waals surface area contributed by atoms with E-state index < -0.39 is 5.54 Å². The summed E-state index contributed by atoms with van der Waals surface area (Å²) in [5, 5.41) is 15.2. The molecule has 1 aromatic carbocycles. The van der Waals surface area contributed by atoms with E-state index in [0.29, 0.717) is 49.6 Å². The molecule has 130 valence electrons. The molecule has 9 nitrogen and oxygen atoms in total. The lowest BCUT2D eigenvalue weighted by molar-refractivity contribution is 0.0692. The Morgan fingerprint density at radius 3 is 2.84 bits per heavy atom. The zero-order valence-electron chi connectivity index (χ0n) is 13.8. The smallest absolute Gasteiger partial charge is 0.409 e. The van der Waals surface area contributed by atoms with E-state index in [0.717, 1.165) is 0 Å². The van der Waals surface area contributed by atoms with E-state index >= 15 is 0 Å². The predicted molar refractivity (Wildman–Crippen MR) is 86.1 cm³/mol. The van der Waals surface area contributed by atoms with Crippen LogP contribution >= 0.6 is 0 Å². The quantitative estimate of drug-likeness (QED) is 0.824. The average molecular weight is 342 g/mol. The SMILES string of the molecule is CCOC(=O)N1CCC2(CC1)NC(=O)c1ccccc1-n1nnnc12. The van der Waals surface area contributed by atoms with Crippen LogP contribution in [-0.4, -0.2) is 56.8 Å². The van der Waals surface area contributed by atoms with Crippen LogP contribution in [0.2, 0.25) is 0 Å². The minimum Gasteiger partial charge on any atom is -0.450 e. The second-order valence-electron chi connectivity index (χ2n) is 6.15. The van der Waals surface area contributed by atoms with Gasteiger partial charge >= 0.3 is 6.09 Å². The first-order valence-electron chi connectivity index (χ1n) is 8.27. The Morgan fingerprint density at radius 2 is 2.08 bits per heavy atom. The highest BCUT2D eigenvalue weighted by Crippen LogP contribution is 2.35. The van der Waals surface area contributed by atoms with Crippen molar-refractivity contribution in [3.8, 4) is 5.69 Å². The number of rotatable bonds is 1. The van der Waals surface area contributed by atoms with Crippen LogP contribution in [0.4, 0.5) is 4.79 Å². The third-order valence-electron chi connectivity index (χ3n) is 4.77. The molecule has 1 spiro atoms. The number of nitrogens with one attached hydrogen (secondary N) is 1. The number of benzene rings is 1. The Balaban J connectivity index is 1.69. The van der Waals surface area contributed by atoms with Crippen molar-refractivity contribution in [1.82, 2.24) is 30.4 Å². The third-order valence-corrected chi connectivity index (χ3v) is 4.77. The fraction of sp³-hybridized carbons (Fsp3) is 0.438. The van der Waals surface area contributed by atoms with Crippen LogP contribution in [0.15, 0.2) is 24.3 Å². The Bertz CT molecular complexity index is 825. The van der Waals surface area contributed by atoms with E-state index in [1.54, 1.807) is 22.6 Å². The first-order chi connectivity index (χ1) is 12.1. The van der Waals surface area contributed by atoms with Crippen molar-refractivity contribution in [2.75, 3.05) is 19.7 Å². The maximum absolute atomic E-state index is 12.8. The molecule has 0 saturated carbocycles. The maximum Gasteiger partial charge on any atom is 0.409 e. The normalized spacial score (nSPS) is 18.1. The van der Waals surface area contributed by atoms with Gasteiger partial charge in [0.05, 0.1) is 17.9 Å². The van der Waals surface area contributed by atoms with E-state index in [9.17, 15) is 9.59 Å². The minimum atomic E-state index is -0.706. The summed E-state index contributed by atoms with van der Waals surface area (Å²) in [6.45, 7) is 3.04. The Labute approximate surface area is 143 Å². The van der Waals surface area contributed by atoms with Gasteiger partial charge in [0.1, 0.15) is 5.54 Å². The number of carbonyl (C=O) groups is 2. The predicted octanol–water partition coefficient (Wildman–Crippen LogP) is 0.853. The summed E-state index contributed by atoms with van der Waals surface area (Å²) in [6, 6.07) is 7.23. The standard InChI is InChI=1S/C16H18N6O3/c1-2-25-15(24)21-9-7-16(8-10-21)14-18-19-20-22(14)12-6-4-3-5-11(12)13(23)17-16/h3-6H,2,7-10H2,1H3,(H,17,23). The number of likely N-dealkylation sites (tertiary alicyclic amines) is 1. The molecule has 2 aliphatic rings. The topological polar surface area (TPSA) is 102 Å². The maximum atomic E-state index is 12.8. The number of aromatic nitrogens is 4. The van der Waals surface area contributed by atoms with E-state index in [-0.39, 0.29) is 12.0 Å². The first kappa shape index (κ1) is 15.6. The van der Waals surface area contributed by atoms with Crippen molar-refractivity contribution in [1.29, 1.82) is 0 Å². The number of nitrogens with zero attached hydrogens (tertiary/aromatic N) is 5. The van der Waals surface area contributed by atoms with Gasteiger partial charge in [0, 0.05) is 13.1 Å². The lowest BCUT2D eigenvalue weighted by Gasteiger charge is -2.39. The van der Waals surface area contributed by atoms with Gasteiger partial charge in [-0.3, -0.25) is 4.79 Å². The number of ether oxygens (including phenoxy) is 1. The summed E-state index contributed by atoms with van der Waals surface area (Å²) < 4.78 is 6.68. The van der Waals surface area contributed by atoms with Gasteiger partial charge in [0.25, 0.3) is 5.91 Å². The van der Waals surface area contributed by atoms with Crippen LogP contribution in [0.1, 0.15) is 35.9 Å². The van der Waals surface area contributed by atoms with Crippen molar-refractivity contribution in [2.45, 2.75) is 25.3 Å². The molecule has 0 unspecified atom stereocenters. The highest BCUT2D eigenvalue weighted by molar-refractivity contribution is 5.98. The number of fused-ring (bicyclic) bond motifs is 4. The second-order valence-corrected chi connectivity index (χ2v) is 6.15. The molecule has 2 aliphatic heterocycles. The summed E-state index contributed by atoms with van der Waals surface area (Å²) in [5.41, 5.74) is 0.480. The van der Waals surface area contributed by atoms with Crippen molar-refractivity contribution in [2.24, 2.45) is 0 Å². The van der Waals surface area contributed by atoms with Crippen LogP contribution in [0.5, 0.6) is 0 Å². The Hall–Kier alpha value is -2.97.